The van der Waals surface area contributed by atoms with Gasteiger partial charge >= 0.3 is 0 Å². The van der Waals surface area contributed by atoms with Crippen LogP contribution in [0.3, 0.4) is 0 Å². The quantitative estimate of drug-likeness (QED) is 0.783. The van der Waals surface area contributed by atoms with Gasteiger partial charge in [-0.1, -0.05) is 13.0 Å². The van der Waals surface area contributed by atoms with Crippen molar-refractivity contribution >= 4 is 17.3 Å². The lowest BCUT2D eigenvalue weighted by Gasteiger charge is -2.04. The molecular weight excluding hydrogens is 282 g/mol. The van der Waals surface area contributed by atoms with E-state index in [1.807, 2.05) is 24.3 Å². The van der Waals surface area contributed by atoms with Gasteiger partial charge in [-0.25, -0.2) is 15.0 Å². The maximum Gasteiger partial charge on any atom is 0.223 e. The van der Waals surface area contributed by atoms with Crippen LogP contribution in [0.25, 0.3) is 11.4 Å². The Morgan fingerprint density at radius 1 is 1.05 bits per heavy atom. The number of hydrogen-bond donors (Lipinski definition) is 1. The zero-order valence-corrected chi connectivity index (χ0v) is 12.5. The second-order valence-electron chi connectivity index (χ2n) is 4.42. The van der Waals surface area contributed by atoms with Gasteiger partial charge in [0, 0.05) is 17.8 Å². The highest BCUT2D eigenvalue weighted by atomic mass is 32.1. The fraction of sp³-hybridized carbons (Fsp3) is 0.200. The molecule has 0 aromatic carbocycles. The molecule has 6 heteroatoms. The van der Waals surface area contributed by atoms with Crippen molar-refractivity contribution in [3.63, 3.8) is 0 Å². The summed E-state index contributed by atoms with van der Waals surface area (Å²) < 4.78 is 0. The Hall–Kier alpha value is -2.34. The van der Waals surface area contributed by atoms with E-state index in [1.54, 1.807) is 23.7 Å². The molecule has 0 bridgehead atoms. The molecule has 21 heavy (non-hydrogen) atoms. The van der Waals surface area contributed by atoms with Crippen LogP contribution >= 0.6 is 11.3 Å². The number of thiazole rings is 1. The van der Waals surface area contributed by atoms with Gasteiger partial charge in [-0.15, -0.1) is 11.3 Å². The van der Waals surface area contributed by atoms with E-state index in [2.05, 4.69) is 37.6 Å². The van der Waals surface area contributed by atoms with Crippen molar-refractivity contribution in [2.45, 2.75) is 19.9 Å². The minimum Gasteiger partial charge on any atom is -0.348 e. The number of pyridine rings is 1. The highest BCUT2D eigenvalue weighted by molar-refractivity contribution is 7.09. The van der Waals surface area contributed by atoms with Gasteiger partial charge in [0.25, 0.3) is 0 Å². The molecule has 0 atom stereocenters. The molecule has 0 amide bonds. The maximum absolute atomic E-state index is 4.51. The number of hydrogen-bond acceptors (Lipinski definition) is 6. The number of aryl methyl sites for hydroxylation is 1. The number of anilines is 1. The van der Waals surface area contributed by atoms with Gasteiger partial charge in [-0.05, 0) is 24.6 Å². The Kier molecular flexibility index (Phi) is 4.16. The molecule has 3 rings (SSSR count). The molecular formula is C15H15N5S. The molecule has 0 spiro atoms. The summed E-state index contributed by atoms with van der Waals surface area (Å²) in [6, 6.07) is 7.61. The average molecular weight is 297 g/mol. The van der Waals surface area contributed by atoms with E-state index in [4.69, 9.17) is 0 Å². The molecule has 0 aliphatic heterocycles. The molecule has 0 aliphatic rings. The fourth-order valence-corrected chi connectivity index (χ4v) is 2.66. The van der Waals surface area contributed by atoms with Crippen molar-refractivity contribution < 1.29 is 0 Å². The molecule has 0 radical (unpaired) electrons. The lowest BCUT2D eigenvalue weighted by molar-refractivity contribution is 0.989. The van der Waals surface area contributed by atoms with Gasteiger partial charge in [-0.3, -0.25) is 4.98 Å². The van der Waals surface area contributed by atoms with Crippen molar-refractivity contribution in [3.05, 3.63) is 52.7 Å². The zero-order valence-electron chi connectivity index (χ0n) is 11.7. The van der Waals surface area contributed by atoms with E-state index in [9.17, 15) is 0 Å². The summed E-state index contributed by atoms with van der Waals surface area (Å²) in [7, 11) is 0. The highest BCUT2D eigenvalue weighted by Crippen LogP contribution is 2.15. The first-order valence-corrected chi connectivity index (χ1v) is 7.64. The Balaban J connectivity index is 1.71. The SMILES string of the molecule is CCc1csc(CNc2nccc(-c3ccccn3)n2)n1. The van der Waals surface area contributed by atoms with Crippen molar-refractivity contribution in [1.82, 2.24) is 19.9 Å². The molecule has 0 saturated carbocycles. The van der Waals surface area contributed by atoms with Crippen LogP contribution in [-0.2, 0) is 13.0 Å². The van der Waals surface area contributed by atoms with Crippen LogP contribution in [0.15, 0.2) is 42.0 Å². The first-order valence-electron chi connectivity index (χ1n) is 6.76. The second-order valence-corrected chi connectivity index (χ2v) is 5.36. The van der Waals surface area contributed by atoms with Crippen LogP contribution < -0.4 is 5.32 Å². The average Bonchev–Trinajstić information content (AvgIpc) is 3.02. The third-order valence-electron chi connectivity index (χ3n) is 2.94. The molecule has 0 saturated heterocycles. The molecule has 3 aromatic rings. The first-order chi connectivity index (χ1) is 10.3. The minimum absolute atomic E-state index is 0.589. The number of rotatable bonds is 5. The fourth-order valence-electron chi connectivity index (χ4n) is 1.85. The van der Waals surface area contributed by atoms with E-state index in [1.165, 1.54) is 0 Å². The summed E-state index contributed by atoms with van der Waals surface area (Å²) in [6.07, 6.45) is 4.45. The monoisotopic (exact) mass is 297 g/mol. The van der Waals surface area contributed by atoms with E-state index in [-0.39, 0.29) is 0 Å². The van der Waals surface area contributed by atoms with Gasteiger partial charge < -0.3 is 5.32 Å². The second kappa shape index (κ2) is 6.41. The Morgan fingerprint density at radius 2 is 2.00 bits per heavy atom. The third-order valence-corrected chi connectivity index (χ3v) is 3.84. The standard InChI is InChI=1S/C15H15N5S/c1-2-11-10-21-14(19-11)9-18-15-17-8-6-13(20-15)12-5-3-4-7-16-12/h3-8,10H,2,9H2,1H3,(H,17,18,20). The highest BCUT2D eigenvalue weighted by Gasteiger charge is 2.04. The first kappa shape index (κ1) is 13.6. The smallest absolute Gasteiger partial charge is 0.223 e. The predicted molar refractivity (Wildman–Crippen MR) is 84.1 cm³/mol. The summed E-state index contributed by atoms with van der Waals surface area (Å²) in [4.78, 5) is 17.5. The van der Waals surface area contributed by atoms with Crippen LogP contribution in [0.5, 0.6) is 0 Å². The lowest BCUT2D eigenvalue weighted by atomic mass is 10.3. The van der Waals surface area contributed by atoms with Crippen molar-refractivity contribution in [1.29, 1.82) is 0 Å². The molecule has 1 N–H and O–H groups in total. The summed E-state index contributed by atoms with van der Waals surface area (Å²) in [6.45, 7) is 2.74. The normalized spacial score (nSPS) is 10.5. The van der Waals surface area contributed by atoms with Crippen molar-refractivity contribution in [2.75, 3.05) is 5.32 Å². The van der Waals surface area contributed by atoms with Gasteiger partial charge in [0.1, 0.15) is 5.01 Å². The van der Waals surface area contributed by atoms with Crippen LogP contribution in [0.4, 0.5) is 5.95 Å². The number of nitrogens with zero attached hydrogens (tertiary/aromatic N) is 4. The van der Waals surface area contributed by atoms with Crippen LogP contribution in [0, 0.1) is 0 Å². The summed E-state index contributed by atoms with van der Waals surface area (Å²) in [5.41, 5.74) is 2.77. The van der Waals surface area contributed by atoms with Crippen molar-refractivity contribution in [3.8, 4) is 11.4 Å². The summed E-state index contributed by atoms with van der Waals surface area (Å²) in [5.74, 6) is 0.589. The maximum atomic E-state index is 4.51. The van der Waals surface area contributed by atoms with Crippen LogP contribution in [-0.4, -0.2) is 19.9 Å². The van der Waals surface area contributed by atoms with Gasteiger partial charge in [-0.2, -0.15) is 0 Å². The topological polar surface area (TPSA) is 63.6 Å². The molecule has 0 fully saturated rings. The van der Waals surface area contributed by atoms with Crippen LogP contribution in [0.2, 0.25) is 0 Å². The number of nitrogens with one attached hydrogen (secondary N) is 1. The predicted octanol–water partition coefficient (Wildman–Crippen LogP) is 3.17. The van der Waals surface area contributed by atoms with E-state index >= 15 is 0 Å². The van der Waals surface area contributed by atoms with E-state index in [0.717, 1.165) is 28.5 Å². The number of aromatic nitrogens is 4. The Labute approximate surface area is 127 Å². The summed E-state index contributed by atoms with van der Waals surface area (Å²) in [5, 5.41) is 6.33. The van der Waals surface area contributed by atoms with Gasteiger partial charge in [0.15, 0.2) is 0 Å². The van der Waals surface area contributed by atoms with Gasteiger partial charge in [0.05, 0.1) is 23.6 Å². The molecule has 3 aromatic heterocycles. The zero-order chi connectivity index (χ0) is 14.5. The van der Waals surface area contributed by atoms with Gasteiger partial charge in [0.2, 0.25) is 5.95 Å². The molecule has 3 heterocycles. The van der Waals surface area contributed by atoms with E-state index in [0.29, 0.717) is 12.5 Å². The Bertz CT molecular complexity index is 711. The summed E-state index contributed by atoms with van der Waals surface area (Å²) >= 11 is 1.65. The Morgan fingerprint density at radius 3 is 2.76 bits per heavy atom. The van der Waals surface area contributed by atoms with Crippen molar-refractivity contribution in [2.24, 2.45) is 0 Å². The molecule has 0 aliphatic carbocycles. The largest absolute Gasteiger partial charge is 0.348 e. The minimum atomic E-state index is 0.589. The van der Waals surface area contributed by atoms with E-state index < -0.39 is 0 Å². The molecule has 106 valence electrons. The molecule has 5 nitrogen and oxygen atoms in total. The molecule has 0 unspecified atom stereocenters. The third kappa shape index (κ3) is 3.41. The van der Waals surface area contributed by atoms with Crippen LogP contribution in [0.1, 0.15) is 17.6 Å². The lowest BCUT2D eigenvalue weighted by Crippen LogP contribution is -2.04.